The van der Waals surface area contributed by atoms with Gasteiger partial charge in [0, 0.05) is 18.1 Å². The highest BCUT2D eigenvalue weighted by Gasteiger charge is 2.15. The van der Waals surface area contributed by atoms with Gasteiger partial charge in [-0.1, -0.05) is 37.1 Å². The zero-order valence-corrected chi connectivity index (χ0v) is 14.1. The molecule has 22 heavy (non-hydrogen) atoms. The molecule has 1 rings (SSSR count). The topological polar surface area (TPSA) is 46.6 Å². The first kappa shape index (κ1) is 18.5. The minimum absolute atomic E-state index is 0.0278. The van der Waals surface area contributed by atoms with Crippen LogP contribution in [-0.2, 0) is 20.7 Å². The minimum Gasteiger partial charge on any atom is -0.466 e. The molecular weight excluding hydrogens is 302 g/mol. The van der Waals surface area contributed by atoms with Gasteiger partial charge in [-0.05, 0) is 31.0 Å². The van der Waals surface area contributed by atoms with E-state index in [2.05, 4.69) is 6.92 Å². The molecule has 5 heteroatoms. The first-order chi connectivity index (χ1) is 10.6. The number of carbonyl (C=O) groups is 2. The van der Waals surface area contributed by atoms with Gasteiger partial charge in [0.15, 0.2) is 0 Å². The number of unbranched alkanes of at least 4 members (excludes halogenated alkanes) is 1. The number of esters is 1. The van der Waals surface area contributed by atoms with Gasteiger partial charge in [0.25, 0.3) is 0 Å². The molecule has 1 aromatic rings. The third-order valence-electron chi connectivity index (χ3n) is 3.29. The van der Waals surface area contributed by atoms with Crippen LogP contribution in [0.15, 0.2) is 24.3 Å². The van der Waals surface area contributed by atoms with E-state index in [9.17, 15) is 9.59 Å². The van der Waals surface area contributed by atoms with Gasteiger partial charge in [0.05, 0.1) is 19.4 Å². The maximum absolute atomic E-state index is 12.4. The monoisotopic (exact) mass is 325 g/mol. The number of hydrogen-bond donors (Lipinski definition) is 0. The smallest absolute Gasteiger partial charge is 0.307 e. The van der Waals surface area contributed by atoms with E-state index in [4.69, 9.17) is 16.3 Å². The summed E-state index contributed by atoms with van der Waals surface area (Å²) in [6.07, 6.45) is 2.49. The Morgan fingerprint density at radius 2 is 1.82 bits per heavy atom. The first-order valence-electron chi connectivity index (χ1n) is 7.74. The van der Waals surface area contributed by atoms with Crippen molar-refractivity contribution in [3.63, 3.8) is 0 Å². The van der Waals surface area contributed by atoms with Crippen molar-refractivity contribution in [2.24, 2.45) is 0 Å². The van der Waals surface area contributed by atoms with Gasteiger partial charge in [-0.2, -0.15) is 0 Å². The van der Waals surface area contributed by atoms with Crippen LogP contribution in [0.2, 0.25) is 5.02 Å². The molecule has 1 aromatic carbocycles. The molecule has 0 radical (unpaired) electrons. The highest BCUT2D eigenvalue weighted by molar-refractivity contribution is 6.30. The van der Waals surface area contributed by atoms with Gasteiger partial charge in [0.1, 0.15) is 0 Å². The third-order valence-corrected chi connectivity index (χ3v) is 3.55. The van der Waals surface area contributed by atoms with Crippen LogP contribution >= 0.6 is 11.6 Å². The van der Waals surface area contributed by atoms with Crippen LogP contribution in [0.1, 0.15) is 38.7 Å². The quantitative estimate of drug-likeness (QED) is 0.653. The third kappa shape index (κ3) is 6.94. The largest absolute Gasteiger partial charge is 0.466 e. The molecule has 0 bridgehead atoms. The number of carbonyl (C=O) groups excluding carboxylic acids is 2. The lowest BCUT2D eigenvalue weighted by molar-refractivity contribution is -0.144. The predicted octanol–water partition coefficient (Wildman–Crippen LogP) is 3.46. The molecule has 0 unspecified atom stereocenters. The standard InChI is InChI=1S/C17H24ClNO3/c1-3-5-11-19(12-10-17(21)22-4-2)16(20)13-14-6-8-15(18)9-7-14/h6-9H,3-5,10-13H2,1-2H3. The fourth-order valence-corrected chi connectivity index (χ4v) is 2.18. The summed E-state index contributed by atoms with van der Waals surface area (Å²) in [5.41, 5.74) is 0.923. The summed E-state index contributed by atoms with van der Waals surface area (Å²) in [5.74, 6) is -0.233. The van der Waals surface area contributed by atoms with Crippen LogP contribution in [0.5, 0.6) is 0 Å². The molecule has 0 N–H and O–H groups in total. The summed E-state index contributed by atoms with van der Waals surface area (Å²) < 4.78 is 4.92. The summed E-state index contributed by atoms with van der Waals surface area (Å²) in [7, 11) is 0. The molecule has 0 saturated carbocycles. The minimum atomic E-state index is -0.261. The van der Waals surface area contributed by atoms with E-state index in [-0.39, 0.29) is 18.3 Å². The average Bonchev–Trinajstić information content (AvgIpc) is 2.50. The van der Waals surface area contributed by atoms with Gasteiger partial charge in [-0.3, -0.25) is 9.59 Å². The van der Waals surface area contributed by atoms with Crippen LogP contribution in [0.4, 0.5) is 0 Å². The second kappa shape index (κ2) is 10.2. The molecule has 0 fully saturated rings. The number of halogens is 1. The zero-order chi connectivity index (χ0) is 16.4. The Hall–Kier alpha value is -1.55. The molecule has 0 aliphatic heterocycles. The molecule has 0 heterocycles. The Morgan fingerprint density at radius 1 is 1.14 bits per heavy atom. The van der Waals surface area contributed by atoms with Crippen molar-refractivity contribution in [2.45, 2.75) is 39.5 Å². The van der Waals surface area contributed by atoms with Crippen molar-refractivity contribution < 1.29 is 14.3 Å². The van der Waals surface area contributed by atoms with Crippen molar-refractivity contribution >= 4 is 23.5 Å². The van der Waals surface area contributed by atoms with Crippen LogP contribution in [0.3, 0.4) is 0 Å². The summed E-state index contributed by atoms with van der Waals surface area (Å²) in [5, 5.41) is 0.654. The lowest BCUT2D eigenvalue weighted by atomic mass is 10.1. The summed E-state index contributed by atoms with van der Waals surface area (Å²) >= 11 is 5.85. The van der Waals surface area contributed by atoms with Crippen LogP contribution in [-0.4, -0.2) is 36.5 Å². The SMILES string of the molecule is CCCCN(CCC(=O)OCC)C(=O)Cc1ccc(Cl)cc1. The molecular formula is C17H24ClNO3. The van der Waals surface area contributed by atoms with E-state index >= 15 is 0 Å². The highest BCUT2D eigenvalue weighted by atomic mass is 35.5. The van der Waals surface area contributed by atoms with Gasteiger partial charge in [-0.15, -0.1) is 0 Å². The number of benzene rings is 1. The lowest BCUT2D eigenvalue weighted by Crippen LogP contribution is -2.35. The van der Waals surface area contributed by atoms with Crippen molar-refractivity contribution in [3.05, 3.63) is 34.9 Å². The second-order valence-electron chi connectivity index (χ2n) is 5.09. The van der Waals surface area contributed by atoms with Gasteiger partial charge < -0.3 is 9.64 Å². The van der Waals surface area contributed by atoms with Crippen LogP contribution in [0.25, 0.3) is 0 Å². The Kier molecular flexibility index (Phi) is 8.60. The van der Waals surface area contributed by atoms with Gasteiger partial charge in [0.2, 0.25) is 5.91 Å². The summed E-state index contributed by atoms with van der Waals surface area (Å²) in [4.78, 5) is 25.6. The molecule has 0 aliphatic carbocycles. The van der Waals surface area contributed by atoms with E-state index in [0.717, 1.165) is 18.4 Å². The highest BCUT2D eigenvalue weighted by Crippen LogP contribution is 2.11. The number of amides is 1. The Bertz CT molecular complexity index is 473. The Labute approximate surface area is 137 Å². The Balaban J connectivity index is 2.58. The number of hydrogen-bond acceptors (Lipinski definition) is 3. The molecule has 0 aromatic heterocycles. The van der Waals surface area contributed by atoms with E-state index < -0.39 is 0 Å². The van der Waals surface area contributed by atoms with E-state index in [0.29, 0.717) is 31.1 Å². The lowest BCUT2D eigenvalue weighted by Gasteiger charge is -2.22. The molecule has 122 valence electrons. The molecule has 4 nitrogen and oxygen atoms in total. The van der Waals surface area contributed by atoms with E-state index in [1.54, 1.807) is 24.0 Å². The number of nitrogens with zero attached hydrogens (tertiary/aromatic N) is 1. The maximum Gasteiger partial charge on any atom is 0.307 e. The van der Waals surface area contributed by atoms with Crippen molar-refractivity contribution in [2.75, 3.05) is 19.7 Å². The molecule has 0 saturated heterocycles. The second-order valence-corrected chi connectivity index (χ2v) is 5.53. The fraction of sp³-hybridized carbons (Fsp3) is 0.529. The number of ether oxygens (including phenoxy) is 1. The molecule has 0 aliphatic rings. The van der Waals surface area contributed by atoms with Gasteiger partial charge >= 0.3 is 5.97 Å². The predicted molar refractivity (Wildman–Crippen MR) is 87.9 cm³/mol. The Morgan fingerprint density at radius 3 is 2.41 bits per heavy atom. The van der Waals surface area contributed by atoms with Crippen LogP contribution < -0.4 is 0 Å². The fourth-order valence-electron chi connectivity index (χ4n) is 2.06. The van der Waals surface area contributed by atoms with Crippen molar-refractivity contribution in [1.82, 2.24) is 4.90 Å². The van der Waals surface area contributed by atoms with E-state index in [1.807, 2.05) is 12.1 Å². The zero-order valence-electron chi connectivity index (χ0n) is 13.3. The molecule has 0 atom stereocenters. The normalized spacial score (nSPS) is 10.3. The maximum atomic E-state index is 12.4. The van der Waals surface area contributed by atoms with Gasteiger partial charge in [-0.25, -0.2) is 0 Å². The summed E-state index contributed by atoms with van der Waals surface area (Å²) in [6, 6.07) is 7.26. The van der Waals surface area contributed by atoms with E-state index in [1.165, 1.54) is 0 Å². The molecule has 1 amide bonds. The summed E-state index contributed by atoms with van der Waals surface area (Å²) in [6.45, 7) is 5.30. The average molecular weight is 326 g/mol. The van der Waals surface area contributed by atoms with Crippen LogP contribution in [0, 0.1) is 0 Å². The first-order valence-corrected chi connectivity index (χ1v) is 8.12. The van der Waals surface area contributed by atoms with Crippen molar-refractivity contribution in [1.29, 1.82) is 0 Å². The van der Waals surface area contributed by atoms with Crippen molar-refractivity contribution in [3.8, 4) is 0 Å². The number of rotatable bonds is 9. The molecule has 0 spiro atoms.